The largest absolute Gasteiger partial charge is 0.479 e. The first-order valence-electron chi connectivity index (χ1n) is 8.46. The number of sulfonamides is 1. The molecule has 1 aliphatic heterocycles. The molecule has 2 aromatic carbocycles. The van der Waals surface area contributed by atoms with Crippen LogP contribution in [0.3, 0.4) is 0 Å². The third kappa shape index (κ3) is 4.26. The molecule has 0 bridgehead atoms. The number of benzene rings is 2. The lowest BCUT2D eigenvalue weighted by atomic mass is 9.90. The minimum Gasteiger partial charge on any atom is -0.479 e. The highest BCUT2D eigenvalue weighted by atomic mass is 79.9. The van der Waals surface area contributed by atoms with Gasteiger partial charge in [-0.15, -0.1) is 11.3 Å². The number of halogens is 4. The Bertz CT molecular complexity index is 1230. The normalized spacial score (nSPS) is 15.5. The number of rotatable bonds is 5. The van der Waals surface area contributed by atoms with Crippen molar-refractivity contribution in [3.63, 3.8) is 0 Å². The molecule has 1 aliphatic rings. The van der Waals surface area contributed by atoms with Crippen molar-refractivity contribution in [3.8, 4) is 22.6 Å². The number of primary sulfonamides is 1. The Morgan fingerprint density at radius 3 is 2.57 bits per heavy atom. The molecule has 1 aromatic heterocycles. The standard InChI is InChI=1S/C19H13Br2F2NO4S2/c20-14-7-6-13(29-14)18-16-10(5-4-9(17(16)21)8-30(24,25)26)15-11(27-18)2-1-3-12(15)28-19(22)23/h1-7,18-19H,8H2,(H2,24,25,26). The van der Waals surface area contributed by atoms with Crippen LogP contribution in [0.5, 0.6) is 11.5 Å². The van der Waals surface area contributed by atoms with Crippen molar-refractivity contribution in [1.29, 1.82) is 0 Å². The van der Waals surface area contributed by atoms with Crippen LogP contribution in [0.25, 0.3) is 11.1 Å². The summed E-state index contributed by atoms with van der Waals surface area (Å²) < 4.78 is 61.6. The number of hydrogen-bond donors (Lipinski definition) is 1. The molecule has 30 heavy (non-hydrogen) atoms. The van der Waals surface area contributed by atoms with Crippen molar-refractivity contribution in [2.75, 3.05) is 0 Å². The van der Waals surface area contributed by atoms with Crippen LogP contribution < -0.4 is 14.6 Å². The predicted molar refractivity (Wildman–Crippen MR) is 118 cm³/mol. The molecule has 4 rings (SSSR count). The van der Waals surface area contributed by atoms with Gasteiger partial charge in [0.25, 0.3) is 0 Å². The van der Waals surface area contributed by atoms with E-state index in [1.165, 1.54) is 17.4 Å². The maximum absolute atomic E-state index is 13.0. The van der Waals surface area contributed by atoms with E-state index >= 15 is 0 Å². The Labute approximate surface area is 192 Å². The monoisotopic (exact) mass is 579 g/mol. The first kappa shape index (κ1) is 21.7. The second kappa shape index (κ2) is 8.19. The topological polar surface area (TPSA) is 78.6 Å². The summed E-state index contributed by atoms with van der Waals surface area (Å²) in [4.78, 5) is 0.849. The third-order valence-electron chi connectivity index (χ3n) is 4.45. The number of thiophene rings is 1. The minimum absolute atomic E-state index is 0.0272. The molecule has 1 unspecified atom stereocenters. The molecule has 0 saturated heterocycles. The van der Waals surface area contributed by atoms with Crippen LogP contribution in [0.2, 0.25) is 0 Å². The summed E-state index contributed by atoms with van der Waals surface area (Å²) >= 11 is 8.38. The first-order valence-corrected chi connectivity index (χ1v) is 12.6. The summed E-state index contributed by atoms with van der Waals surface area (Å²) in [5.41, 5.74) is 2.04. The van der Waals surface area contributed by atoms with Crippen LogP contribution in [-0.2, 0) is 15.8 Å². The second-order valence-corrected chi connectivity index (χ2v) is 11.4. The van der Waals surface area contributed by atoms with Gasteiger partial charge >= 0.3 is 6.61 Å². The van der Waals surface area contributed by atoms with E-state index in [4.69, 9.17) is 14.6 Å². The van der Waals surface area contributed by atoms with E-state index in [-0.39, 0.29) is 11.5 Å². The van der Waals surface area contributed by atoms with Crippen LogP contribution in [0.1, 0.15) is 22.1 Å². The fraction of sp³-hybridized carbons (Fsp3) is 0.158. The molecule has 3 aromatic rings. The Kier molecular flexibility index (Phi) is 5.92. The molecule has 2 N–H and O–H groups in total. The van der Waals surface area contributed by atoms with Crippen LogP contribution >= 0.6 is 43.2 Å². The molecule has 1 atom stereocenters. The lowest BCUT2D eigenvalue weighted by Crippen LogP contribution is -2.19. The minimum atomic E-state index is -3.79. The highest BCUT2D eigenvalue weighted by Gasteiger charge is 2.34. The fourth-order valence-electron chi connectivity index (χ4n) is 3.36. The van der Waals surface area contributed by atoms with Crippen molar-refractivity contribution in [2.24, 2.45) is 5.14 Å². The van der Waals surface area contributed by atoms with Crippen LogP contribution in [0, 0.1) is 0 Å². The summed E-state index contributed by atoms with van der Waals surface area (Å²) in [7, 11) is -3.79. The van der Waals surface area contributed by atoms with Crippen molar-refractivity contribution in [1.82, 2.24) is 0 Å². The van der Waals surface area contributed by atoms with Crippen LogP contribution in [0.4, 0.5) is 8.78 Å². The Hall–Kier alpha value is -1.53. The van der Waals surface area contributed by atoms with Gasteiger partial charge in [-0.05, 0) is 51.3 Å². The Morgan fingerprint density at radius 1 is 1.17 bits per heavy atom. The van der Waals surface area contributed by atoms with E-state index in [2.05, 4.69) is 31.9 Å². The number of nitrogens with two attached hydrogens (primary N) is 1. The Morgan fingerprint density at radius 2 is 1.93 bits per heavy atom. The lowest BCUT2D eigenvalue weighted by Gasteiger charge is -2.31. The summed E-state index contributed by atoms with van der Waals surface area (Å²) in [6.45, 7) is -3.00. The Balaban J connectivity index is 1.97. The molecule has 158 valence electrons. The average Bonchev–Trinajstić information content (AvgIpc) is 3.08. The molecule has 5 nitrogen and oxygen atoms in total. The smallest absolute Gasteiger partial charge is 0.387 e. The first-order chi connectivity index (χ1) is 14.1. The summed E-state index contributed by atoms with van der Waals surface area (Å²) in [6.07, 6.45) is -0.583. The fourth-order valence-corrected chi connectivity index (χ4v) is 6.38. The van der Waals surface area contributed by atoms with Gasteiger partial charge in [0.1, 0.15) is 11.5 Å². The van der Waals surface area contributed by atoms with Gasteiger partial charge < -0.3 is 9.47 Å². The third-order valence-corrected chi connectivity index (χ3v) is 7.77. The number of fused-ring (bicyclic) bond motifs is 3. The molecule has 0 aliphatic carbocycles. The van der Waals surface area contributed by atoms with Crippen molar-refractivity contribution in [2.45, 2.75) is 18.5 Å². The van der Waals surface area contributed by atoms with Gasteiger partial charge in [-0.25, -0.2) is 13.6 Å². The quantitative estimate of drug-likeness (QED) is 0.413. The number of alkyl halides is 2. The predicted octanol–water partition coefficient (Wildman–Crippen LogP) is 5.81. The maximum atomic E-state index is 13.0. The molecular weight excluding hydrogens is 568 g/mol. The average molecular weight is 581 g/mol. The van der Waals surface area contributed by atoms with Crippen molar-refractivity contribution in [3.05, 3.63) is 66.7 Å². The molecule has 0 spiro atoms. The summed E-state index contributed by atoms with van der Waals surface area (Å²) in [5, 5.41) is 5.23. The zero-order chi connectivity index (χ0) is 21.6. The molecular formula is C19H13Br2F2NO4S2. The van der Waals surface area contributed by atoms with Gasteiger partial charge in [0, 0.05) is 10.0 Å². The second-order valence-electron chi connectivity index (χ2n) is 6.45. The van der Waals surface area contributed by atoms with Gasteiger partial charge in [-0.3, -0.25) is 0 Å². The van der Waals surface area contributed by atoms with Gasteiger partial charge in [-0.1, -0.05) is 34.1 Å². The highest BCUT2D eigenvalue weighted by Crippen LogP contribution is 2.52. The van der Waals surface area contributed by atoms with E-state index in [9.17, 15) is 17.2 Å². The van der Waals surface area contributed by atoms with E-state index in [1.807, 2.05) is 12.1 Å². The molecule has 0 fully saturated rings. The van der Waals surface area contributed by atoms with E-state index in [0.29, 0.717) is 32.5 Å². The molecule has 2 heterocycles. The lowest BCUT2D eigenvalue weighted by molar-refractivity contribution is -0.0496. The zero-order valence-electron chi connectivity index (χ0n) is 14.9. The SMILES string of the molecule is NS(=O)(=O)Cc1ccc2c(c1Br)C(c1ccc(Br)s1)Oc1cccc(OC(F)F)c1-2. The van der Waals surface area contributed by atoms with Crippen molar-refractivity contribution < 1.29 is 26.7 Å². The molecule has 0 saturated carbocycles. The highest BCUT2D eigenvalue weighted by molar-refractivity contribution is 9.11. The van der Waals surface area contributed by atoms with Gasteiger partial charge in [-0.2, -0.15) is 8.78 Å². The van der Waals surface area contributed by atoms with E-state index < -0.39 is 22.7 Å². The molecule has 11 heteroatoms. The van der Waals surface area contributed by atoms with E-state index in [1.54, 1.807) is 24.3 Å². The van der Waals surface area contributed by atoms with Crippen LogP contribution in [0.15, 0.2) is 50.7 Å². The number of hydrogen-bond acceptors (Lipinski definition) is 5. The molecule has 0 radical (unpaired) electrons. The van der Waals surface area contributed by atoms with Crippen molar-refractivity contribution >= 4 is 53.2 Å². The van der Waals surface area contributed by atoms with E-state index in [0.717, 1.165) is 8.66 Å². The maximum Gasteiger partial charge on any atom is 0.387 e. The van der Waals surface area contributed by atoms with Gasteiger partial charge in [0.2, 0.25) is 10.0 Å². The molecule has 0 amide bonds. The van der Waals surface area contributed by atoms with Gasteiger partial charge in [0.05, 0.1) is 20.0 Å². The summed E-state index contributed by atoms with van der Waals surface area (Å²) in [6, 6.07) is 11.7. The number of ether oxygens (including phenoxy) is 2. The summed E-state index contributed by atoms with van der Waals surface area (Å²) in [5.74, 6) is -0.0223. The zero-order valence-corrected chi connectivity index (χ0v) is 19.7. The van der Waals surface area contributed by atoms with Crippen LogP contribution in [-0.4, -0.2) is 15.0 Å². The van der Waals surface area contributed by atoms with Gasteiger partial charge in [0.15, 0.2) is 6.10 Å².